The topological polar surface area (TPSA) is 61.2 Å². The fraction of sp³-hybridized carbons (Fsp3) is 0.250. The zero-order chi connectivity index (χ0) is 19.6. The normalized spacial score (nSPS) is 12.1. The van der Waals surface area contributed by atoms with Gasteiger partial charge in [0.05, 0.1) is 23.2 Å². The van der Waals surface area contributed by atoms with Crippen molar-refractivity contribution in [2.24, 2.45) is 0 Å². The predicted octanol–water partition coefficient (Wildman–Crippen LogP) is 4.34. The first kappa shape index (κ1) is 19.9. The van der Waals surface area contributed by atoms with Gasteiger partial charge in [-0.25, -0.2) is 4.98 Å². The van der Waals surface area contributed by atoms with E-state index in [9.17, 15) is 9.59 Å². The van der Waals surface area contributed by atoms with E-state index in [1.807, 2.05) is 49.4 Å². The molecule has 0 saturated carbocycles. The van der Waals surface area contributed by atoms with Crippen molar-refractivity contribution in [2.45, 2.75) is 31.2 Å². The zero-order valence-electron chi connectivity index (χ0n) is 15.2. The molecule has 2 aromatic carbocycles. The van der Waals surface area contributed by atoms with Gasteiger partial charge in [0.2, 0.25) is 0 Å². The number of aryl methyl sites for hydroxylation is 1. The second-order valence-corrected chi connectivity index (χ2v) is 8.60. The van der Waals surface area contributed by atoms with Crippen LogP contribution in [0.25, 0.3) is 16.6 Å². The molecule has 0 unspecified atom stereocenters. The van der Waals surface area contributed by atoms with Crippen LogP contribution < -0.4 is 5.56 Å². The van der Waals surface area contributed by atoms with Gasteiger partial charge in [-0.2, -0.15) is 0 Å². The van der Waals surface area contributed by atoms with Gasteiger partial charge < -0.3 is 4.74 Å². The van der Waals surface area contributed by atoms with Gasteiger partial charge in [0.15, 0.2) is 5.16 Å². The molecule has 0 aliphatic heterocycles. The van der Waals surface area contributed by atoms with Crippen molar-refractivity contribution in [1.29, 1.82) is 0 Å². The summed E-state index contributed by atoms with van der Waals surface area (Å²) in [6, 6.07) is 13.3. The molecule has 0 N–H and O–H groups in total. The second-order valence-electron chi connectivity index (χ2n) is 6.05. The summed E-state index contributed by atoms with van der Waals surface area (Å²) in [5.74, 6) is -0.324. The standard InChI is InChI=1S/C20H19IN2O3S/c1-4-26-19(25)13(3)27-20-22-17-9-8-14(21)11-16(17)18(24)23(20)15-7-5-6-12(2)10-15/h5-11,13H,4H2,1-3H3/t13-/m0/s1. The molecule has 140 valence electrons. The second kappa shape index (κ2) is 8.43. The Kier molecular flexibility index (Phi) is 6.21. The molecule has 3 aromatic rings. The lowest BCUT2D eigenvalue weighted by Crippen LogP contribution is -2.24. The van der Waals surface area contributed by atoms with Gasteiger partial charge in [0.25, 0.3) is 5.56 Å². The smallest absolute Gasteiger partial charge is 0.319 e. The first-order valence-electron chi connectivity index (χ1n) is 8.53. The number of aromatic nitrogens is 2. The molecule has 0 aliphatic rings. The Labute approximate surface area is 175 Å². The Morgan fingerprint density at radius 3 is 2.78 bits per heavy atom. The van der Waals surface area contributed by atoms with Crippen LogP contribution in [0.2, 0.25) is 0 Å². The first-order chi connectivity index (χ1) is 12.9. The Morgan fingerprint density at radius 2 is 2.07 bits per heavy atom. The van der Waals surface area contributed by atoms with Crippen molar-refractivity contribution in [3.05, 3.63) is 62.0 Å². The quantitative estimate of drug-likeness (QED) is 0.229. The van der Waals surface area contributed by atoms with Crippen molar-refractivity contribution >= 4 is 51.2 Å². The Bertz CT molecular complexity index is 1060. The van der Waals surface area contributed by atoms with Crippen LogP contribution in [0.3, 0.4) is 0 Å². The number of hydrogen-bond acceptors (Lipinski definition) is 5. The lowest BCUT2D eigenvalue weighted by atomic mass is 10.2. The minimum atomic E-state index is -0.478. The number of fused-ring (bicyclic) bond motifs is 1. The van der Waals surface area contributed by atoms with Crippen molar-refractivity contribution < 1.29 is 9.53 Å². The highest BCUT2D eigenvalue weighted by Gasteiger charge is 2.21. The molecule has 0 spiro atoms. The van der Waals surface area contributed by atoms with Gasteiger partial charge in [0, 0.05) is 3.57 Å². The molecule has 27 heavy (non-hydrogen) atoms. The van der Waals surface area contributed by atoms with E-state index in [-0.39, 0.29) is 11.5 Å². The minimum Gasteiger partial charge on any atom is -0.465 e. The lowest BCUT2D eigenvalue weighted by Gasteiger charge is -2.16. The van der Waals surface area contributed by atoms with E-state index in [4.69, 9.17) is 4.74 Å². The average Bonchev–Trinajstić information content (AvgIpc) is 2.63. The van der Waals surface area contributed by atoms with Crippen molar-refractivity contribution in [1.82, 2.24) is 9.55 Å². The van der Waals surface area contributed by atoms with E-state index in [0.29, 0.717) is 22.7 Å². The van der Waals surface area contributed by atoms with E-state index >= 15 is 0 Å². The van der Waals surface area contributed by atoms with Crippen LogP contribution in [0.15, 0.2) is 52.4 Å². The van der Waals surface area contributed by atoms with Crippen LogP contribution in [-0.2, 0) is 9.53 Å². The number of ether oxygens (including phenoxy) is 1. The SMILES string of the molecule is CCOC(=O)[C@H](C)Sc1nc2ccc(I)cc2c(=O)n1-c1cccc(C)c1. The van der Waals surface area contributed by atoms with Crippen molar-refractivity contribution in [2.75, 3.05) is 6.61 Å². The Hall–Kier alpha value is -1.87. The van der Waals surface area contributed by atoms with Crippen LogP contribution in [0, 0.1) is 10.5 Å². The number of esters is 1. The van der Waals surface area contributed by atoms with Crippen LogP contribution in [0.4, 0.5) is 0 Å². The summed E-state index contributed by atoms with van der Waals surface area (Å²) in [5, 5.41) is 0.547. The lowest BCUT2D eigenvalue weighted by molar-refractivity contribution is -0.142. The molecule has 1 aromatic heterocycles. The van der Waals surface area contributed by atoms with E-state index in [1.165, 1.54) is 11.8 Å². The van der Waals surface area contributed by atoms with Gasteiger partial charge in [-0.05, 0) is 79.3 Å². The highest BCUT2D eigenvalue weighted by atomic mass is 127. The number of halogens is 1. The molecule has 0 amide bonds. The fourth-order valence-electron chi connectivity index (χ4n) is 2.68. The number of thioether (sulfide) groups is 1. The van der Waals surface area contributed by atoms with Gasteiger partial charge in [-0.3, -0.25) is 14.2 Å². The van der Waals surface area contributed by atoms with E-state index in [1.54, 1.807) is 18.4 Å². The highest BCUT2D eigenvalue weighted by molar-refractivity contribution is 14.1. The molecule has 0 saturated heterocycles. The summed E-state index contributed by atoms with van der Waals surface area (Å²) in [6.45, 7) is 5.82. The molecule has 5 nitrogen and oxygen atoms in total. The summed E-state index contributed by atoms with van der Waals surface area (Å²) >= 11 is 3.41. The molecule has 0 bridgehead atoms. The maximum Gasteiger partial charge on any atom is 0.319 e. The number of rotatable bonds is 5. The van der Waals surface area contributed by atoms with Gasteiger partial charge >= 0.3 is 5.97 Å². The van der Waals surface area contributed by atoms with Crippen LogP contribution in [0.1, 0.15) is 19.4 Å². The molecular formula is C20H19IN2O3S. The maximum absolute atomic E-state index is 13.3. The third-order valence-corrected chi connectivity index (χ3v) is 5.66. The molecule has 1 atom stereocenters. The van der Waals surface area contributed by atoms with Crippen molar-refractivity contribution in [3.63, 3.8) is 0 Å². The minimum absolute atomic E-state index is 0.150. The Morgan fingerprint density at radius 1 is 1.30 bits per heavy atom. The van der Waals surface area contributed by atoms with Crippen LogP contribution in [0.5, 0.6) is 0 Å². The average molecular weight is 494 g/mol. The molecule has 0 fully saturated rings. The number of benzene rings is 2. The summed E-state index contributed by atoms with van der Waals surface area (Å²) in [4.78, 5) is 30.0. The number of carbonyl (C=O) groups is 1. The van der Waals surface area contributed by atoms with Gasteiger partial charge in [-0.1, -0.05) is 23.9 Å². The molecular weight excluding hydrogens is 475 g/mol. The van der Waals surface area contributed by atoms with Gasteiger partial charge in [-0.15, -0.1) is 0 Å². The largest absolute Gasteiger partial charge is 0.465 e. The molecule has 0 aliphatic carbocycles. The summed E-state index contributed by atoms with van der Waals surface area (Å²) in [6.07, 6.45) is 0. The molecule has 1 heterocycles. The van der Waals surface area contributed by atoms with Gasteiger partial charge in [0.1, 0.15) is 5.25 Å². The number of nitrogens with zero attached hydrogens (tertiary/aromatic N) is 2. The molecule has 0 radical (unpaired) electrons. The fourth-order valence-corrected chi connectivity index (χ4v) is 4.09. The highest BCUT2D eigenvalue weighted by Crippen LogP contribution is 2.26. The maximum atomic E-state index is 13.3. The number of hydrogen-bond donors (Lipinski definition) is 0. The van der Waals surface area contributed by atoms with E-state index in [0.717, 1.165) is 14.8 Å². The van der Waals surface area contributed by atoms with Crippen LogP contribution >= 0.6 is 34.4 Å². The predicted molar refractivity (Wildman–Crippen MR) is 117 cm³/mol. The number of carbonyl (C=O) groups excluding carboxylic acids is 1. The monoisotopic (exact) mass is 494 g/mol. The van der Waals surface area contributed by atoms with Crippen molar-refractivity contribution in [3.8, 4) is 5.69 Å². The third kappa shape index (κ3) is 4.35. The first-order valence-corrected chi connectivity index (χ1v) is 10.5. The molecule has 3 rings (SSSR count). The third-order valence-electron chi connectivity index (χ3n) is 3.96. The van der Waals surface area contributed by atoms with E-state index < -0.39 is 5.25 Å². The Balaban J connectivity index is 2.21. The summed E-state index contributed by atoms with van der Waals surface area (Å²) in [7, 11) is 0. The zero-order valence-corrected chi connectivity index (χ0v) is 18.2. The van der Waals surface area contributed by atoms with E-state index in [2.05, 4.69) is 27.6 Å². The van der Waals surface area contributed by atoms with Crippen LogP contribution in [-0.4, -0.2) is 27.4 Å². The molecule has 7 heteroatoms. The summed E-state index contributed by atoms with van der Waals surface area (Å²) in [5.41, 5.74) is 2.23. The summed E-state index contributed by atoms with van der Waals surface area (Å²) < 4.78 is 7.64.